The fraction of sp³-hybridized carbons (Fsp3) is 0.147. The monoisotopic (exact) mass is 993 g/mol. The second-order valence-electron chi connectivity index (χ2n) is 22.9. The van der Waals surface area contributed by atoms with Crippen molar-refractivity contribution in [3.63, 3.8) is 0 Å². The van der Waals surface area contributed by atoms with Crippen molar-refractivity contribution in [2.45, 2.75) is 70.3 Å². The van der Waals surface area contributed by atoms with Crippen LogP contribution in [0.3, 0.4) is 0 Å². The lowest BCUT2D eigenvalue weighted by Crippen LogP contribution is -2.29. The van der Waals surface area contributed by atoms with Gasteiger partial charge in [-0.1, -0.05) is 224 Å². The first-order chi connectivity index (χ1) is 37.4. The summed E-state index contributed by atoms with van der Waals surface area (Å²) in [6, 6.07) is 81.9. The summed E-state index contributed by atoms with van der Waals surface area (Å²) < 4.78 is 6.48. The number of hydrogen-bond acceptors (Lipinski definition) is 2. The minimum atomic E-state index is -0.648. The number of aryl methyl sites for hydroxylation is 2. The summed E-state index contributed by atoms with van der Waals surface area (Å²) in [5, 5.41) is 0. The number of ether oxygens (including phenoxy) is 1. The van der Waals surface area contributed by atoms with Gasteiger partial charge in [-0.25, -0.2) is 0 Å². The molecule has 0 saturated carbocycles. The molecule has 77 heavy (non-hydrogen) atoms. The van der Waals surface area contributed by atoms with E-state index in [1.54, 1.807) is 0 Å². The molecule has 0 radical (unpaired) electrons. The number of fused-ring (bicyclic) bond motifs is 7. The topological polar surface area (TPSA) is 12.5 Å². The highest BCUT2D eigenvalue weighted by atomic mass is 16.5. The molecule has 0 aliphatic heterocycles. The van der Waals surface area contributed by atoms with Gasteiger partial charge in [0.25, 0.3) is 0 Å². The molecular formula is C75H63NO. The zero-order valence-corrected chi connectivity index (χ0v) is 44.8. The molecule has 0 N–H and O–H groups in total. The molecular weight excluding hydrogens is 931 g/mol. The van der Waals surface area contributed by atoms with E-state index in [1.165, 1.54) is 100 Å². The maximum Gasteiger partial charge on any atom is 0.119 e. The molecule has 10 aromatic carbocycles. The van der Waals surface area contributed by atoms with E-state index in [0.29, 0.717) is 6.61 Å². The van der Waals surface area contributed by atoms with E-state index in [-0.39, 0.29) is 10.8 Å². The lowest BCUT2D eigenvalue weighted by atomic mass is 9.67. The smallest absolute Gasteiger partial charge is 0.119 e. The lowest BCUT2D eigenvalue weighted by Gasteiger charge is -2.35. The Morgan fingerprint density at radius 2 is 1.04 bits per heavy atom. The highest BCUT2D eigenvalue weighted by Gasteiger charge is 2.47. The maximum atomic E-state index is 6.48. The SMILES string of the molecule is C=Cc1ccc(COc2ccc(C3(c4ccc(C(C)(C)C)cc4)c4ccccc4-c4ccc(N(c5ccc(-c6cccc(-c7cc8c(cc7C=C)CC8)c6)cc5)c5ccc6c(c5)C(C)(C)c5ccccc5-6)cc43)cc2)cc1. The number of hydrogen-bond donors (Lipinski definition) is 0. The summed E-state index contributed by atoms with van der Waals surface area (Å²) in [7, 11) is 0. The first kappa shape index (κ1) is 48.0. The van der Waals surface area contributed by atoms with E-state index in [2.05, 4.69) is 271 Å². The minimum Gasteiger partial charge on any atom is -0.489 e. The van der Waals surface area contributed by atoms with Gasteiger partial charge < -0.3 is 9.64 Å². The van der Waals surface area contributed by atoms with Crippen molar-refractivity contribution in [2.24, 2.45) is 0 Å². The van der Waals surface area contributed by atoms with Gasteiger partial charge in [0, 0.05) is 22.5 Å². The Labute approximate surface area is 455 Å². The van der Waals surface area contributed by atoms with Crippen LogP contribution in [0, 0.1) is 0 Å². The molecule has 0 saturated heterocycles. The van der Waals surface area contributed by atoms with Gasteiger partial charge in [0.15, 0.2) is 0 Å². The molecule has 0 heterocycles. The molecule has 2 nitrogen and oxygen atoms in total. The van der Waals surface area contributed by atoms with E-state index in [1.807, 2.05) is 12.2 Å². The molecule has 0 amide bonds. The van der Waals surface area contributed by atoms with Crippen LogP contribution >= 0.6 is 0 Å². The van der Waals surface area contributed by atoms with Crippen molar-refractivity contribution >= 4 is 29.2 Å². The summed E-state index contributed by atoms with van der Waals surface area (Å²) in [6.45, 7) is 20.2. The van der Waals surface area contributed by atoms with Crippen LogP contribution < -0.4 is 9.64 Å². The summed E-state index contributed by atoms with van der Waals surface area (Å²) in [6.07, 6.45) is 6.17. The van der Waals surface area contributed by atoms with Crippen LogP contribution in [0.25, 0.3) is 56.7 Å². The Kier molecular flexibility index (Phi) is 11.5. The van der Waals surface area contributed by atoms with E-state index in [4.69, 9.17) is 4.74 Å². The van der Waals surface area contributed by atoms with Gasteiger partial charge in [-0.3, -0.25) is 0 Å². The average molecular weight is 994 g/mol. The number of benzene rings is 10. The third-order valence-electron chi connectivity index (χ3n) is 17.1. The van der Waals surface area contributed by atoms with Crippen LogP contribution in [0.5, 0.6) is 5.75 Å². The van der Waals surface area contributed by atoms with Gasteiger partial charge >= 0.3 is 0 Å². The Morgan fingerprint density at radius 1 is 0.468 bits per heavy atom. The van der Waals surface area contributed by atoms with Gasteiger partial charge in [-0.05, 0) is 184 Å². The third kappa shape index (κ3) is 8.00. The highest BCUT2D eigenvalue weighted by molar-refractivity contribution is 5.91. The van der Waals surface area contributed by atoms with Crippen molar-refractivity contribution in [2.75, 3.05) is 4.90 Å². The van der Waals surface area contributed by atoms with Crippen molar-refractivity contribution in [3.8, 4) is 50.3 Å². The molecule has 0 fully saturated rings. The van der Waals surface area contributed by atoms with Gasteiger partial charge in [0.1, 0.15) is 12.4 Å². The Bertz CT molecular complexity index is 3940. The van der Waals surface area contributed by atoms with Crippen LogP contribution in [0.15, 0.2) is 232 Å². The van der Waals surface area contributed by atoms with E-state index in [0.717, 1.165) is 46.8 Å². The highest BCUT2D eigenvalue weighted by Crippen LogP contribution is 2.58. The van der Waals surface area contributed by atoms with Crippen molar-refractivity contribution in [1.29, 1.82) is 0 Å². The molecule has 0 spiro atoms. The van der Waals surface area contributed by atoms with Gasteiger partial charge in [0.2, 0.25) is 0 Å². The lowest BCUT2D eigenvalue weighted by molar-refractivity contribution is 0.306. The van der Waals surface area contributed by atoms with E-state index < -0.39 is 5.41 Å². The zero-order valence-electron chi connectivity index (χ0n) is 44.8. The first-order valence-electron chi connectivity index (χ1n) is 27.3. The van der Waals surface area contributed by atoms with Crippen LogP contribution in [0.4, 0.5) is 17.1 Å². The van der Waals surface area contributed by atoms with Gasteiger partial charge in [-0.15, -0.1) is 0 Å². The summed E-state index contributed by atoms with van der Waals surface area (Å²) in [4.78, 5) is 2.48. The molecule has 0 bridgehead atoms. The Balaban J connectivity index is 0.964. The second-order valence-corrected chi connectivity index (χ2v) is 22.9. The van der Waals surface area contributed by atoms with Crippen molar-refractivity contribution < 1.29 is 4.74 Å². The Hall–Kier alpha value is -8.72. The van der Waals surface area contributed by atoms with E-state index in [9.17, 15) is 0 Å². The zero-order chi connectivity index (χ0) is 52.6. The van der Waals surface area contributed by atoms with Crippen LogP contribution in [-0.2, 0) is 35.7 Å². The van der Waals surface area contributed by atoms with Crippen LogP contribution in [0.1, 0.15) is 101 Å². The third-order valence-corrected chi connectivity index (χ3v) is 17.1. The van der Waals surface area contributed by atoms with Crippen molar-refractivity contribution in [3.05, 3.63) is 298 Å². The predicted octanol–water partition coefficient (Wildman–Crippen LogP) is 19.4. The molecule has 13 rings (SSSR count). The molecule has 374 valence electrons. The van der Waals surface area contributed by atoms with Gasteiger partial charge in [0.05, 0.1) is 5.41 Å². The summed E-state index contributed by atoms with van der Waals surface area (Å²) in [5.74, 6) is 0.831. The molecule has 1 unspecified atom stereocenters. The molecule has 0 aromatic heterocycles. The maximum absolute atomic E-state index is 6.48. The quantitative estimate of drug-likeness (QED) is 0.121. The fourth-order valence-corrected chi connectivity index (χ4v) is 12.8. The Morgan fingerprint density at radius 3 is 1.69 bits per heavy atom. The van der Waals surface area contributed by atoms with Crippen molar-refractivity contribution in [1.82, 2.24) is 0 Å². The molecule has 3 aliphatic rings. The first-order valence-corrected chi connectivity index (χ1v) is 27.3. The molecule has 2 heteroatoms. The molecule has 10 aromatic rings. The van der Waals surface area contributed by atoms with E-state index >= 15 is 0 Å². The second kappa shape index (κ2) is 18.5. The average Bonchev–Trinajstić information content (AvgIpc) is 4.09. The van der Waals surface area contributed by atoms with Crippen LogP contribution in [0.2, 0.25) is 0 Å². The fourth-order valence-electron chi connectivity index (χ4n) is 12.8. The van der Waals surface area contributed by atoms with Crippen LogP contribution in [-0.4, -0.2) is 0 Å². The molecule has 3 aliphatic carbocycles. The normalized spacial score (nSPS) is 15.3. The summed E-state index contributed by atoms with van der Waals surface area (Å²) in [5.41, 5.74) is 27.7. The number of nitrogens with zero attached hydrogens (tertiary/aromatic N) is 1. The minimum absolute atomic E-state index is 0.00254. The standard InChI is InChI=1S/C75H63NO/c1-8-49-21-23-50(24-22-49)48-77-63-39-33-59(34-40-63)75(58-31-29-57(30-32-58)73(3,4)5)70-20-13-11-18-65(70)67-42-38-62(47-72(67)75)76(61-37-41-66-64-17-10-12-19-69(64)74(6,7)71(66)46-61)60-35-27-52(28-36-60)53-15-14-16-56(44-53)68-45-55-26-25-54(55)43-51(68)9-2/h8-24,27-47H,1-2,25-26,48H2,3-7H3. The summed E-state index contributed by atoms with van der Waals surface area (Å²) >= 11 is 0. The predicted molar refractivity (Wildman–Crippen MR) is 324 cm³/mol. The number of rotatable bonds is 12. The van der Waals surface area contributed by atoms with Gasteiger partial charge in [-0.2, -0.15) is 0 Å². The molecule has 1 atom stereocenters. The number of anilines is 3. The largest absolute Gasteiger partial charge is 0.489 e.